The lowest BCUT2D eigenvalue weighted by Gasteiger charge is -2.28. The Morgan fingerprint density at radius 2 is 2.06 bits per heavy atom. The maximum Gasteiger partial charge on any atom is 0.167 e. The molecule has 90 valence electrons. The molecular formula is C14H18N2O. The fraction of sp³-hybridized carbons (Fsp3) is 0.571. The molecule has 1 N–H and O–H groups in total. The van der Waals surface area contributed by atoms with Gasteiger partial charge in [-0.2, -0.15) is 0 Å². The van der Waals surface area contributed by atoms with Gasteiger partial charge in [-0.05, 0) is 44.7 Å². The number of Topliss-reactive ketones (excluding diaryl/α,β-unsaturated/α-hetero) is 1. The average molecular weight is 230 g/mol. The first-order chi connectivity index (χ1) is 8.24. The zero-order chi connectivity index (χ0) is 11.8. The quantitative estimate of drug-likeness (QED) is 0.791. The van der Waals surface area contributed by atoms with Crippen molar-refractivity contribution < 1.29 is 4.79 Å². The van der Waals surface area contributed by atoms with Gasteiger partial charge in [-0.25, -0.2) is 0 Å². The number of carbonyl (C=O) groups excluding carboxylic acids is 1. The molecule has 17 heavy (non-hydrogen) atoms. The molecule has 1 aromatic rings. The van der Waals surface area contributed by atoms with Crippen molar-refractivity contribution in [3.63, 3.8) is 0 Å². The molecule has 0 spiro atoms. The number of aromatic nitrogens is 1. The number of carbonyl (C=O) groups is 1. The number of nitrogens with zero attached hydrogens (tertiary/aromatic N) is 1. The first kappa shape index (κ1) is 10.9. The maximum atomic E-state index is 12.5. The van der Waals surface area contributed by atoms with Gasteiger partial charge < -0.3 is 5.32 Å². The molecule has 2 fully saturated rings. The number of piperidine rings is 1. The summed E-state index contributed by atoms with van der Waals surface area (Å²) >= 11 is 0. The van der Waals surface area contributed by atoms with Crippen LogP contribution in [0.3, 0.4) is 0 Å². The van der Waals surface area contributed by atoms with Crippen molar-refractivity contribution in [3.8, 4) is 0 Å². The second kappa shape index (κ2) is 4.22. The number of rotatable bonds is 2. The molecule has 3 heterocycles. The summed E-state index contributed by atoms with van der Waals surface area (Å²) in [6.45, 7) is 1.92. The summed E-state index contributed by atoms with van der Waals surface area (Å²) in [7, 11) is 0. The van der Waals surface area contributed by atoms with Crippen LogP contribution in [0.4, 0.5) is 0 Å². The average Bonchev–Trinajstić information content (AvgIpc) is 2.68. The molecule has 2 unspecified atom stereocenters. The topological polar surface area (TPSA) is 42.0 Å². The van der Waals surface area contributed by atoms with Crippen molar-refractivity contribution in [2.75, 3.05) is 0 Å². The van der Waals surface area contributed by atoms with E-state index >= 15 is 0 Å². The second-order valence-corrected chi connectivity index (χ2v) is 5.31. The van der Waals surface area contributed by atoms with E-state index in [2.05, 4.69) is 10.3 Å². The number of pyridine rings is 1. The molecule has 2 aliphatic rings. The van der Waals surface area contributed by atoms with Crippen molar-refractivity contribution >= 4 is 5.78 Å². The first-order valence-corrected chi connectivity index (χ1v) is 6.46. The molecule has 3 heteroatoms. The van der Waals surface area contributed by atoms with E-state index < -0.39 is 0 Å². The minimum absolute atomic E-state index is 0.205. The SMILES string of the molecule is Cc1ncccc1C(=O)C1CC2CCC(C1)N2. The minimum atomic E-state index is 0.205. The van der Waals surface area contributed by atoms with Crippen molar-refractivity contribution in [3.05, 3.63) is 29.6 Å². The Balaban J connectivity index is 1.81. The molecule has 2 atom stereocenters. The predicted molar refractivity (Wildman–Crippen MR) is 66.0 cm³/mol. The molecule has 3 rings (SSSR count). The van der Waals surface area contributed by atoms with Gasteiger partial charge in [-0.3, -0.25) is 9.78 Å². The van der Waals surface area contributed by atoms with Crippen LogP contribution in [-0.4, -0.2) is 22.9 Å². The number of fused-ring (bicyclic) bond motifs is 2. The summed E-state index contributed by atoms with van der Waals surface area (Å²) in [5, 5.41) is 3.57. The monoisotopic (exact) mass is 230 g/mol. The Morgan fingerprint density at radius 1 is 1.35 bits per heavy atom. The predicted octanol–water partition coefficient (Wildman–Crippen LogP) is 2.10. The zero-order valence-corrected chi connectivity index (χ0v) is 10.1. The van der Waals surface area contributed by atoms with E-state index in [0.29, 0.717) is 17.9 Å². The Labute approximate surface area is 102 Å². The normalized spacial score (nSPS) is 31.5. The van der Waals surface area contributed by atoms with E-state index in [-0.39, 0.29) is 5.92 Å². The molecule has 2 bridgehead atoms. The van der Waals surface area contributed by atoms with Crippen molar-refractivity contribution in [1.82, 2.24) is 10.3 Å². The Bertz CT molecular complexity index is 432. The number of aryl methyl sites for hydroxylation is 1. The molecule has 1 aromatic heterocycles. The summed E-state index contributed by atoms with van der Waals surface area (Å²) in [5.74, 6) is 0.505. The van der Waals surface area contributed by atoms with Crippen molar-refractivity contribution in [2.45, 2.75) is 44.7 Å². The van der Waals surface area contributed by atoms with Gasteiger partial charge in [0.05, 0.1) is 0 Å². The summed E-state index contributed by atoms with van der Waals surface area (Å²) in [6, 6.07) is 4.91. The van der Waals surface area contributed by atoms with Crippen LogP contribution in [0.5, 0.6) is 0 Å². The molecular weight excluding hydrogens is 212 g/mol. The second-order valence-electron chi connectivity index (χ2n) is 5.31. The molecule has 2 saturated heterocycles. The van der Waals surface area contributed by atoms with E-state index in [1.165, 1.54) is 12.8 Å². The number of hydrogen-bond donors (Lipinski definition) is 1. The Morgan fingerprint density at radius 3 is 2.71 bits per heavy atom. The molecule has 3 nitrogen and oxygen atoms in total. The van der Waals surface area contributed by atoms with Crippen LogP contribution in [0.25, 0.3) is 0 Å². The standard InChI is InChI=1S/C14H18N2O/c1-9-13(3-2-6-15-9)14(17)10-7-11-4-5-12(8-10)16-11/h2-3,6,10-12,16H,4-5,7-8H2,1H3. The van der Waals surface area contributed by atoms with E-state index in [4.69, 9.17) is 0 Å². The molecule has 2 aliphatic heterocycles. The summed E-state index contributed by atoms with van der Waals surface area (Å²) < 4.78 is 0. The lowest BCUT2D eigenvalue weighted by atomic mass is 9.85. The summed E-state index contributed by atoms with van der Waals surface area (Å²) in [5.41, 5.74) is 1.68. The van der Waals surface area contributed by atoms with Gasteiger partial charge in [0.15, 0.2) is 5.78 Å². The number of hydrogen-bond acceptors (Lipinski definition) is 3. The Kier molecular flexibility index (Phi) is 2.71. The maximum absolute atomic E-state index is 12.5. The van der Waals surface area contributed by atoms with Crippen LogP contribution >= 0.6 is 0 Å². The zero-order valence-electron chi connectivity index (χ0n) is 10.1. The van der Waals surface area contributed by atoms with Crippen molar-refractivity contribution in [1.29, 1.82) is 0 Å². The molecule has 0 aliphatic carbocycles. The lowest BCUT2D eigenvalue weighted by molar-refractivity contribution is 0.0874. The first-order valence-electron chi connectivity index (χ1n) is 6.46. The van der Waals surface area contributed by atoms with Gasteiger partial charge in [0.1, 0.15) is 0 Å². The smallest absolute Gasteiger partial charge is 0.167 e. The van der Waals surface area contributed by atoms with Crippen LogP contribution in [-0.2, 0) is 0 Å². The van der Waals surface area contributed by atoms with E-state index in [1.54, 1.807) is 6.20 Å². The van der Waals surface area contributed by atoms with Gasteiger partial charge in [0.2, 0.25) is 0 Å². The highest BCUT2D eigenvalue weighted by Crippen LogP contribution is 2.33. The minimum Gasteiger partial charge on any atom is -0.311 e. The van der Waals surface area contributed by atoms with Gasteiger partial charge >= 0.3 is 0 Å². The largest absolute Gasteiger partial charge is 0.311 e. The van der Waals surface area contributed by atoms with Crippen LogP contribution in [0.2, 0.25) is 0 Å². The highest BCUT2D eigenvalue weighted by atomic mass is 16.1. The van der Waals surface area contributed by atoms with E-state index in [9.17, 15) is 4.79 Å². The molecule has 0 aromatic carbocycles. The van der Waals surface area contributed by atoms with E-state index in [0.717, 1.165) is 24.1 Å². The van der Waals surface area contributed by atoms with Gasteiger partial charge in [0, 0.05) is 35.5 Å². The fourth-order valence-electron chi connectivity index (χ4n) is 3.24. The molecule has 0 saturated carbocycles. The highest BCUT2D eigenvalue weighted by Gasteiger charge is 2.37. The third kappa shape index (κ3) is 2.00. The van der Waals surface area contributed by atoms with Gasteiger partial charge in [-0.15, -0.1) is 0 Å². The van der Waals surface area contributed by atoms with Crippen LogP contribution in [0, 0.1) is 12.8 Å². The summed E-state index contributed by atoms with van der Waals surface area (Å²) in [6.07, 6.45) is 6.23. The lowest BCUT2D eigenvalue weighted by Crippen LogP contribution is -2.40. The number of ketones is 1. The third-order valence-corrected chi connectivity index (χ3v) is 4.12. The van der Waals surface area contributed by atoms with Crippen molar-refractivity contribution in [2.24, 2.45) is 5.92 Å². The summed E-state index contributed by atoms with van der Waals surface area (Å²) in [4.78, 5) is 16.7. The third-order valence-electron chi connectivity index (χ3n) is 4.12. The number of nitrogens with one attached hydrogen (secondary N) is 1. The molecule has 0 radical (unpaired) electrons. The molecule has 0 amide bonds. The van der Waals surface area contributed by atoms with Gasteiger partial charge in [-0.1, -0.05) is 0 Å². The van der Waals surface area contributed by atoms with Gasteiger partial charge in [0.25, 0.3) is 0 Å². The van der Waals surface area contributed by atoms with Crippen LogP contribution < -0.4 is 5.32 Å². The fourth-order valence-corrected chi connectivity index (χ4v) is 3.24. The van der Waals surface area contributed by atoms with Crippen LogP contribution in [0.1, 0.15) is 41.7 Å². The highest BCUT2D eigenvalue weighted by molar-refractivity contribution is 5.98. The Hall–Kier alpha value is -1.22. The van der Waals surface area contributed by atoms with E-state index in [1.807, 2.05) is 19.1 Å². The van der Waals surface area contributed by atoms with Crippen LogP contribution in [0.15, 0.2) is 18.3 Å².